The number of nitrogens with zero attached hydrogens (tertiary/aromatic N) is 5. The van der Waals surface area contributed by atoms with Gasteiger partial charge in [0, 0.05) is 36.8 Å². The van der Waals surface area contributed by atoms with Gasteiger partial charge < -0.3 is 14.9 Å². The standard InChI is InChI=1S/C31H30FN5O3/c1-18-24-5-3-2-4-19(24)11-13-36(18)30(38)28-16-23-15-27(34-37(23)29(33-28)20-6-7-20)25-9-8-22(14-26(25)32)35-12-10-21(17-35)31(39)40/h2-5,8-9,14-16,18,20-21H,6-7,10-13,17H2,1H3,(H,39,40)/t18-,21+/m1/s1. The van der Waals surface area contributed by atoms with Crippen LogP contribution in [0.25, 0.3) is 16.8 Å². The van der Waals surface area contributed by atoms with Crippen LogP contribution in [-0.2, 0) is 11.2 Å². The number of rotatable bonds is 5. The molecule has 7 rings (SSSR count). The molecule has 40 heavy (non-hydrogen) atoms. The first-order valence-corrected chi connectivity index (χ1v) is 13.9. The van der Waals surface area contributed by atoms with E-state index in [0.717, 1.165) is 25.1 Å². The van der Waals surface area contributed by atoms with Gasteiger partial charge in [-0.1, -0.05) is 24.3 Å². The molecule has 1 N–H and O–H groups in total. The predicted octanol–water partition coefficient (Wildman–Crippen LogP) is 5.08. The molecule has 0 unspecified atom stereocenters. The maximum Gasteiger partial charge on any atom is 0.308 e. The number of halogens is 1. The fraction of sp³-hybridized carbons (Fsp3) is 0.355. The zero-order valence-electron chi connectivity index (χ0n) is 22.3. The first kappa shape index (κ1) is 24.7. The number of aliphatic carboxylic acids is 1. The lowest BCUT2D eigenvalue weighted by Gasteiger charge is -2.35. The number of amides is 1. The molecule has 3 aliphatic rings. The molecule has 2 aromatic heterocycles. The minimum atomic E-state index is -0.818. The first-order chi connectivity index (χ1) is 19.4. The van der Waals surface area contributed by atoms with Gasteiger partial charge in [0.2, 0.25) is 0 Å². The summed E-state index contributed by atoms with van der Waals surface area (Å²) in [6.07, 6.45) is 3.33. The number of benzene rings is 2. The second-order valence-electron chi connectivity index (χ2n) is 11.2. The monoisotopic (exact) mass is 539 g/mol. The molecule has 0 spiro atoms. The SMILES string of the molecule is C[C@@H]1c2ccccc2CCN1C(=O)c1cc2cc(-c3ccc(N4CC[C@H](C(=O)O)C4)cc3F)nn2c(C2CC2)n1. The summed E-state index contributed by atoms with van der Waals surface area (Å²) in [5, 5.41) is 14.0. The highest BCUT2D eigenvalue weighted by Gasteiger charge is 2.33. The van der Waals surface area contributed by atoms with Crippen LogP contribution in [0.3, 0.4) is 0 Å². The number of carbonyl (C=O) groups is 2. The molecule has 8 nitrogen and oxygen atoms in total. The molecule has 2 fully saturated rings. The molecule has 4 heterocycles. The normalized spacial score (nSPS) is 20.6. The first-order valence-electron chi connectivity index (χ1n) is 13.9. The van der Waals surface area contributed by atoms with Gasteiger partial charge >= 0.3 is 5.97 Å². The number of anilines is 1. The van der Waals surface area contributed by atoms with Crippen molar-refractivity contribution in [3.05, 3.63) is 83.1 Å². The van der Waals surface area contributed by atoms with E-state index in [-0.39, 0.29) is 17.9 Å². The van der Waals surface area contributed by atoms with E-state index >= 15 is 4.39 Å². The highest BCUT2D eigenvalue weighted by molar-refractivity contribution is 5.94. The number of hydrogen-bond acceptors (Lipinski definition) is 5. The molecule has 204 valence electrons. The summed E-state index contributed by atoms with van der Waals surface area (Å²) in [7, 11) is 0. The van der Waals surface area contributed by atoms with Gasteiger partial charge in [-0.25, -0.2) is 13.9 Å². The largest absolute Gasteiger partial charge is 0.481 e. The Labute approximate surface area is 231 Å². The van der Waals surface area contributed by atoms with Crippen LogP contribution in [0.4, 0.5) is 10.1 Å². The molecule has 1 aliphatic carbocycles. The summed E-state index contributed by atoms with van der Waals surface area (Å²) >= 11 is 0. The van der Waals surface area contributed by atoms with Crippen molar-refractivity contribution in [1.82, 2.24) is 19.5 Å². The molecule has 1 amide bonds. The molecule has 2 atom stereocenters. The van der Waals surface area contributed by atoms with Gasteiger partial charge in [0.05, 0.1) is 23.2 Å². The van der Waals surface area contributed by atoms with E-state index in [4.69, 9.17) is 10.1 Å². The molecule has 1 saturated carbocycles. The van der Waals surface area contributed by atoms with Crippen molar-refractivity contribution in [2.45, 2.75) is 44.6 Å². The fourth-order valence-electron chi connectivity index (χ4n) is 6.17. The van der Waals surface area contributed by atoms with Crippen molar-refractivity contribution < 1.29 is 19.1 Å². The van der Waals surface area contributed by atoms with Crippen LogP contribution < -0.4 is 4.90 Å². The Kier molecular flexibility index (Phi) is 5.83. The second kappa shape index (κ2) is 9.43. The van der Waals surface area contributed by atoms with E-state index in [2.05, 4.69) is 19.1 Å². The average Bonchev–Trinajstić information content (AvgIpc) is 3.51. The molecule has 9 heteroatoms. The number of fused-ring (bicyclic) bond motifs is 2. The molecule has 2 aromatic carbocycles. The Hall–Kier alpha value is -4.27. The summed E-state index contributed by atoms with van der Waals surface area (Å²) in [6.45, 7) is 3.65. The number of aromatic nitrogens is 3. The van der Waals surface area contributed by atoms with Gasteiger partial charge in [0.15, 0.2) is 0 Å². The topological polar surface area (TPSA) is 91.0 Å². The molecule has 0 radical (unpaired) electrons. The van der Waals surface area contributed by atoms with E-state index in [0.29, 0.717) is 54.2 Å². The van der Waals surface area contributed by atoms with Crippen molar-refractivity contribution in [1.29, 1.82) is 0 Å². The average molecular weight is 540 g/mol. The van der Waals surface area contributed by atoms with Gasteiger partial charge in [0.25, 0.3) is 5.91 Å². The molecule has 4 aromatic rings. The van der Waals surface area contributed by atoms with Crippen molar-refractivity contribution in [3.8, 4) is 11.3 Å². The summed E-state index contributed by atoms with van der Waals surface area (Å²) in [5.74, 6) is -0.804. The van der Waals surface area contributed by atoms with Crippen LogP contribution in [0, 0.1) is 11.7 Å². The lowest BCUT2D eigenvalue weighted by molar-refractivity contribution is -0.140. The second-order valence-corrected chi connectivity index (χ2v) is 11.2. The fourth-order valence-corrected chi connectivity index (χ4v) is 6.17. The summed E-state index contributed by atoms with van der Waals surface area (Å²) in [6, 6.07) is 16.8. The smallest absolute Gasteiger partial charge is 0.308 e. The van der Waals surface area contributed by atoms with Crippen LogP contribution >= 0.6 is 0 Å². The number of carboxylic acids is 1. The van der Waals surface area contributed by atoms with Gasteiger partial charge in [0.1, 0.15) is 17.3 Å². The number of carbonyl (C=O) groups excluding carboxylic acids is 1. The Balaban J connectivity index is 1.21. The zero-order chi connectivity index (χ0) is 27.5. The van der Waals surface area contributed by atoms with E-state index in [1.807, 2.05) is 34.1 Å². The van der Waals surface area contributed by atoms with E-state index in [9.17, 15) is 14.7 Å². The predicted molar refractivity (Wildman–Crippen MR) is 148 cm³/mol. The van der Waals surface area contributed by atoms with E-state index in [1.165, 1.54) is 17.2 Å². The van der Waals surface area contributed by atoms with Crippen LogP contribution in [0.1, 0.15) is 65.6 Å². The maximum absolute atomic E-state index is 15.4. The summed E-state index contributed by atoms with van der Waals surface area (Å²) < 4.78 is 17.1. The Morgan fingerprint density at radius 1 is 1.02 bits per heavy atom. The third-order valence-corrected chi connectivity index (χ3v) is 8.62. The highest BCUT2D eigenvalue weighted by atomic mass is 19.1. The quantitative estimate of drug-likeness (QED) is 0.380. The number of carboxylic acid groups (broad SMARTS) is 1. The third kappa shape index (κ3) is 4.20. The lowest BCUT2D eigenvalue weighted by Crippen LogP contribution is -2.39. The van der Waals surface area contributed by atoms with Crippen LogP contribution in [0.2, 0.25) is 0 Å². The highest BCUT2D eigenvalue weighted by Crippen LogP contribution is 2.40. The van der Waals surface area contributed by atoms with Crippen molar-refractivity contribution >= 4 is 23.1 Å². The maximum atomic E-state index is 15.4. The van der Waals surface area contributed by atoms with Gasteiger partial charge in [-0.3, -0.25) is 9.59 Å². The van der Waals surface area contributed by atoms with Gasteiger partial charge in [-0.15, -0.1) is 0 Å². The lowest BCUT2D eigenvalue weighted by atomic mass is 9.93. The van der Waals surface area contributed by atoms with Crippen LogP contribution in [0.5, 0.6) is 0 Å². The molecule has 2 aliphatic heterocycles. The third-order valence-electron chi connectivity index (χ3n) is 8.62. The van der Waals surface area contributed by atoms with Gasteiger partial charge in [-0.05, 0) is 74.1 Å². The molecular formula is C31H30FN5O3. The summed E-state index contributed by atoms with van der Waals surface area (Å²) in [5.41, 5.74) is 5.06. The minimum absolute atomic E-state index is 0.0469. The molecule has 0 bridgehead atoms. The Morgan fingerprint density at radius 2 is 1.85 bits per heavy atom. The Bertz CT molecular complexity index is 1660. The van der Waals surface area contributed by atoms with Crippen LogP contribution in [-0.4, -0.2) is 56.1 Å². The molecular weight excluding hydrogens is 509 g/mol. The zero-order valence-corrected chi connectivity index (χ0v) is 22.3. The summed E-state index contributed by atoms with van der Waals surface area (Å²) in [4.78, 5) is 33.7. The van der Waals surface area contributed by atoms with Crippen molar-refractivity contribution in [2.24, 2.45) is 5.92 Å². The van der Waals surface area contributed by atoms with Gasteiger partial charge in [-0.2, -0.15) is 5.10 Å². The molecule has 1 saturated heterocycles. The Morgan fingerprint density at radius 3 is 2.60 bits per heavy atom. The van der Waals surface area contributed by atoms with E-state index < -0.39 is 17.7 Å². The van der Waals surface area contributed by atoms with Crippen molar-refractivity contribution in [2.75, 3.05) is 24.5 Å². The minimum Gasteiger partial charge on any atom is -0.481 e. The number of hydrogen-bond donors (Lipinski definition) is 1. The van der Waals surface area contributed by atoms with E-state index in [1.54, 1.807) is 16.6 Å². The van der Waals surface area contributed by atoms with Crippen molar-refractivity contribution in [3.63, 3.8) is 0 Å². The van der Waals surface area contributed by atoms with Crippen LogP contribution in [0.15, 0.2) is 54.6 Å².